The standard InChI is InChI=1S/C12H10ClN3O/c13-10-4-1-9(2-5-10)3-6-11(17)16-12-14-7-8-15-12/h1-8H,(H2,14,15,16,17)/b6-3+. The summed E-state index contributed by atoms with van der Waals surface area (Å²) in [6, 6.07) is 7.20. The number of carbonyl (C=O) groups excluding carboxylic acids is 1. The van der Waals surface area contributed by atoms with E-state index in [9.17, 15) is 4.79 Å². The van der Waals surface area contributed by atoms with E-state index in [4.69, 9.17) is 11.6 Å². The lowest BCUT2D eigenvalue weighted by molar-refractivity contribution is -0.111. The van der Waals surface area contributed by atoms with Gasteiger partial charge in [-0.05, 0) is 23.8 Å². The summed E-state index contributed by atoms with van der Waals surface area (Å²) in [4.78, 5) is 18.1. The molecular formula is C12H10ClN3O. The van der Waals surface area contributed by atoms with Gasteiger partial charge in [-0.2, -0.15) is 0 Å². The summed E-state index contributed by atoms with van der Waals surface area (Å²) in [5.74, 6) is 0.186. The molecule has 86 valence electrons. The van der Waals surface area contributed by atoms with Gasteiger partial charge in [-0.1, -0.05) is 23.7 Å². The topological polar surface area (TPSA) is 57.8 Å². The molecule has 0 radical (unpaired) electrons. The fourth-order valence-corrected chi connectivity index (χ4v) is 1.36. The van der Waals surface area contributed by atoms with Crippen LogP contribution < -0.4 is 5.32 Å². The first-order valence-electron chi connectivity index (χ1n) is 4.98. The van der Waals surface area contributed by atoms with Crippen LogP contribution in [0.15, 0.2) is 42.7 Å². The predicted molar refractivity (Wildman–Crippen MR) is 67.7 cm³/mol. The van der Waals surface area contributed by atoms with Gasteiger partial charge in [0.1, 0.15) is 0 Å². The molecule has 0 unspecified atom stereocenters. The minimum atomic E-state index is -0.241. The van der Waals surface area contributed by atoms with Crippen molar-refractivity contribution < 1.29 is 4.79 Å². The Morgan fingerprint density at radius 2 is 2.12 bits per heavy atom. The van der Waals surface area contributed by atoms with Gasteiger partial charge in [-0.3, -0.25) is 10.1 Å². The van der Waals surface area contributed by atoms with Crippen molar-refractivity contribution in [3.8, 4) is 0 Å². The molecule has 0 aliphatic carbocycles. The van der Waals surface area contributed by atoms with Gasteiger partial charge in [0.15, 0.2) is 0 Å². The summed E-state index contributed by atoms with van der Waals surface area (Å²) in [5, 5.41) is 3.25. The van der Waals surface area contributed by atoms with Crippen molar-refractivity contribution in [2.45, 2.75) is 0 Å². The number of halogens is 1. The Balaban J connectivity index is 1.96. The number of nitrogens with zero attached hydrogens (tertiary/aromatic N) is 1. The van der Waals surface area contributed by atoms with Crippen LogP contribution in [0.3, 0.4) is 0 Å². The van der Waals surface area contributed by atoms with Crippen LogP contribution in [-0.2, 0) is 4.79 Å². The minimum absolute atomic E-state index is 0.241. The third-order valence-corrected chi connectivity index (χ3v) is 2.29. The highest BCUT2D eigenvalue weighted by molar-refractivity contribution is 6.30. The smallest absolute Gasteiger partial charge is 0.250 e. The van der Waals surface area contributed by atoms with Crippen molar-refractivity contribution >= 4 is 29.5 Å². The van der Waals surface area contributed by atoms with Gasteiger partial charge in [0, 0.05) is 23.5 Å². The van der Waals surface area contributed by atoms with E-state index in [-0.39, 0.29) is 5.91 Å². The first kappa shape index (κ1) is 11.4. The van der Waals surface area contributed by atoms with Crippen LogP contribution in [0.25, 0.3) is 6.08 Å². The molecule has 17 heavy (non-hydrogen) atoms. The normalized spacial score (nSPS) is 10.6. The van der Waals surface area contributed by atoms with E-state index in [1.54, 1.807) is 30.6 Å². The molecule has 0 saturated heterocycles. The molecule has 2 N–H and O–H groups in total. The van der Waals surface area contributed by atoms with Crippen LogP contribution in [0.4, 0.5) is 5.95 Å². The molecule has 0 spiro atoms. The monoisotopic (exact) mass is 247 g/mol. The Hall–Kier alpha value is -2.07. The number of carbonyl (C=O) groups is 1. The van der Waals surface area contributed by atoms with Crippen molar-refractivity contribution in [1.29, 1.82) is 0 Å². The van der Waals surface area contributed by atoms with Gasteiger partial charge < -0.3 is 4.98 Å². The molecule has 1 heterocycles. The van der Waals surface area contributed by atoms with E-state index in [1.165, 1.54) is 6.08 Å². The van der Waals surface area contributed by atoms with E-state index < -0.39 is 0 Å². The van der Waals surface area contributed by atoms with Crippen LogP contribution in [0, 0.1) is 0 Å². The van der Waals surface area contributed by atoms with Crippen molar-refractivity contribution in [3.63, 3.8) is 0 Å². The maximum Gasteiger partial charge on any atom is 0.250 e. The zero-order valence-electron chi connectivity index (χ0n) is 8.85. The van der Waals surface area contributed by atoms with Gasteiger partial charge in [0.2, 0.25) is 5.95 Å². The SMILES string of the molecule is O=C(/C=C/c1ccc(Cl)cc1)Nc1ncc[nH]1. The van der Waals surface area contributed by atoms with Crippen molar-refractivity contribution in [2.24, 2.45) is 0 Å². The Labute approximate surface area is 103 Å². The van der Waals surface area contributed by atoms with Gasteiger partial charge in [0.05, 0.1) is 0 Å². The van der Waals surface area contributed by atoms with E-state index in [2.05, 4.69) is 15.3 Å². The number of rotatable bonds is 3. The molecule has 1 aromatic carbocycles. The number of aromatic nitrogens is 2. The molecule has 4 nitrogen and oxygen atoms in total. The zero-order chi connectivity index (χ0) is 12.1. The maximum absolute atomic E-state index is 11.5. The number of nitrogens with one attached hydrogen (secondary N) is 2. The van der Waals surface area contributed by atoms with Gasteiger partial charge >= 0.3 is 0 Å². The summed E-state index contributed by atoms with van der Waals surface area (Å²) in [6.45, 7) is 0. The highest BCUT2D eigenvalue weighted by atomic mass is 35.5. The largest absolute Gasteiger partial charge is 0.331 e. The Kier molecular flexibility index (Phi) is 3.57. The summed E-state index contributed by atoms with van der Waals surface area (Å²) in [7, 11) is 0. The summed E-state index contributed by atoms with van der Waals surface area (Å²) < 4.78 is 0. The van der Waals surface area contributed by atoms with Gasteiger partial charge in [-0.15, -0.1) is 0 Å². The average molecular weight is 248 g/mol. The fourth-order valence-electron chi connectivity index (χ4n) is 1.24. The highest BCUT2D eigenvalue weighted by Gasteiger charge is 1.98. The lowest BCUT2D eigenvalue weighted by Crippen LogP contribution is -2.08. The van der Waals surface area contributed by atoms with Crippen molar-refractivity contribution in [1.82, 2.24) is 9.97 Å². The van der Waals surface area contributed by atoms with Gasteiger partial charge in [0.25, 0.3) is 5.91 Å². The second kappa shape index (κ2) is 5.32. The Morgan fingerprint density at radius 1 is 1.35 bits per heavy atom. The molecule has 0 fully saturated rings. The molecule has 0 bridgehead atoms. The van der Waals surface area contributed by atoms with Crippen LogP contribution in [0.1, 0.15) is 5.56 Å². The molecule has 1 amide bonds. The van der Waals surface area contributed by atoms with Crippen LogP contribution in [0.2, 0.25) is 5.02 Å². The number of hydrogen-bond acceptors (Lipinski definition) is 2. The number of anilines is 1. The maximum atomic E-state index is 11.5. The Bertz CT molecular complexity index is 517. The molecule has 2 rings (SSSR count). The number of aromatic amines is 1. The van der Waals surface area contributed by atoms with E-state index >= 15 is 0 Å². The third-order valence-electron chi connectivity index (χ3n) is 2.04. The molecule has 0 aliphatic heterocycles. The second-order valence-electron chi connectivity index (χ2n) is 3.31. The molecule has 0 atom stereocenters. The van der Waals surface area contributed by atoms with Crippen LogP contribution in [0.5, 0.6) is 0 Å². The second-order valence-corrected chi connectivity index (χ2v) is 3.75. The third kappa shape index (κ3) is 3.46. The van der Waals surface area contributed by atoms with E-state index in [0.717, 1.165) is 5.56 Å². The summed E-state index contributed by atoms with van der Waals surface area (Å²) in [5.41, 5.74) is 0.906. The molecule has 1 aromatic heterocycles. The average Bonchev–Trinajstić information content (AvgIpc) is 2.81. The molecular weight excluding hydrogens is 238 g/mol. The first-order chi connectivity index (χ1) is 8.24. The number of H-pyrrole nitrogens is 1. The van der Waals surface area contributed by atoms with E-state index in [1.807, 2.05) is 12.1 Å². The first-order valence-corrected chi connectivity index (χ1v) is 5.36. The fraction of sp³-hybridized carbons (Fsp3) is 0. The lowest BCUT2D eigenvalue weighted by atomic mass is 10.2. The number of hydrogen-bond donors (Lipinski definition) is 2. The molecule has 2 aromatic rings. The molecule has 0 saturated carbocycles. The predicted octanol–water partition coefficient (Wildman–Crippen LogP) is 2.71. The van der Waals surface area contributed by atoms with E-state index in [0.29, 0.717) is 11.0 Å². The molecule has 5 heteroatoms. The van der Waals surface area contributed by atoms with Gasteiger partial charge in [-0.25, -0.2) is 4.98 Å². The highest BCUT2D eigenvalue weighted by Crippen LogP contribution is 2.10. The Morgan fingerprint density at radius 3 is 2.76 bits per heavy atom. The summed E-state index contributed by atoms with van der Waals surface area (Å²) in [6.07, 6.45) is 6.34. The van der Waals surface area contributed by atoms with Crippen LogP contribution in [-0.4, -0.2) is 15.9 Å². The van der Waals surface area contributed by atoms with Crippen molar-refractivity contribution in [2.75, 3.05) is 5.32 Å². The van der Waals surface area contributed by atoms with Crippen molar-refractivity contribution in [3.05, 3.63) is 53.3 Å². The lowest BCUT2D eigenvalue weighted by Gasteiger charge is -1.96. The number of benzene rings is 1. The quantitative estimate of drug-likeness (QED) is 0.820. The molecule has 0 aliphatic rings. The minimum Gasteiger partial charge on any atom is -0.331 e. The summed E-state index contributed by atoms with van der Waals surface area (Å²) >= 11 is 5.75. The number of amides is 1. The van der Waals surface area contributed by atoms with Crippen LogP contribution >= 0.6 is 11.6 Å². The number of imidazole rings is 1. The zero-order valence-corrected chi connectivity index (χ0v) is 9.61.